The Kier molecular flexibility index (Phi) is 5.03. The van der Waals surface area contributed by atoms with E-state index < -0.39 is 0 Å². The van der Waals surface area contributed by atoms with Crippen LogP contribution < -0.4 is 10.5 Å². The van der Waals surface area contributed by atoms with E-state index in [-0.39, 0.29) is 0 Å². The van der Waals surface area contributed by atoms with Crippen LogP contribution in [0.15, 0.2) is 36.4 Å². The summed E-state index contributed by atoms with van der Waals surface area (Å²) >= 11 is 0. The molecular formula is C19H25NO. The molecule has 2 aromatic carbocycles. The van der Waals surface area contributed by atoms with Crippen LogP contribution in [-0.4, -0.2) is 13.7 Å². The minimum atomic E-state index is 0.464. The van der Waals surface area contributed by atoms with E-state index in [1.54, 1.807) is 7.11 Å². The minimum Gasteiger partial charge on any atom is -0.496 e. The summed E-state index contributed by atoms with van der Waals surface area (Å²) in [6.45, 7) is 7.22. The molecule has 2 N–H and O–H groups in total. The van der Waals surface area contributed by atoms with Gasteiger partial charge in [-0.15, -0.1) is 0 Å². The Morgan fingerprint density at radius 3 is 2.43 bits per heavy atom. The Bertz CT molecular complexity index is 619. The number of ether oxygens (including phenoxy) is 1. The van der Waals surface area contributed by atoms with Crippen molar-refractivity contribution >= 4 is 0 Å². The van der Waals surface area contributed by atoms with Gasteiger partial charge in [-0.25, -0.2) is 0 Å². The monoisotopic (exact) mass is 283 g/mol. The highest BCUT2D eigenvalue weighted by Gasteiger charge is 2.11. The summed E-state index contributed by atoms with van der Waals surface area (Å²) in [5.41, 5.74) is 12.0. The van der Waals surface area contributed by atoms with E-state index >= 15 is 0 Å². The topological polar surface area (TPSA) is 35.2 Å². The summed E-state index contributed by atoms with van der Waals surface area (Å²) in [5.74, 6) is 1.38. The van der Waals surface area contributed by atoms with Gasteiger partial charge in [0.25, 0.3) is 0 Å². The fraction of sp³-hybridized carbons (Fsp3) is 0.368. The molecule has 1 atom stereocenters. The van der Waals surface area contributed by atoms with E-state index in [1.807, 2.05) is 0 Å². The summed E-state index contributed by atoms with van der Waals surface area (Å²) in [6, 6.07) is 13.0. The number of methoxy groups -OCH3 is 1. The van der Waals surface area contributed by atoms with Crippen LogP contribution in [0.25, 0.3) is 11.1 Å². The van der Waals surface area contributed by atoms with Crippen LogP contribution in [-0.2, 0) is 0 Å². The maximum atomic E-state index is 5.68. The van der Waals surface area contributed by atoms with Crippen LogP contribution in [0.5, 0.6) is 5.75 Å². The van der Waals surface area contributed by atoms with E-state index in [4.69, 9.17) is 10.5 Å². The first-order valence-electron chi connectivity index (χ1n) is 7.52. The second-order valence-corrected chi connectivity index (χ2v) is 5.74. The maximum absolute atomic E-state index is 5.68. The predicted octanol–water partition coefficient (Wildman–Crippen LogP) is 4.43. The molecule has 112 valence electrons. The first-order valence-corrected chi connectivity index (χ1v) is 7.52. The lowest BCUT2D eigenvalue weighted by molar-refractivity contribution is 0.416. The molecular weight excluding hydrogens is 258 g/mol. The molecule has 1 unspecified atom stereocenters. The molecule has 0 spiro atoms. The molecule has 0 aliphatic heterocycles. The number of nitrogens with two attached hydrogens (primary N) is 1. The van der Waals surface area contributed by atoms with Gasteiger partial charge in [-0.05, 0) is 67.1 Å². The smallest absolute Gasteiger partial charge is 0.126 e. The summed E-state index contributed by atoms with van der Waals surface area (Å²) in [5, 5.41) is 0. The van der Waals surface area contributed by atoms with Crippen molar-refractivity contribution in [2.75, 3.05) is 13.7 Å². The molecule has 0 bridgehead atoms. The van der Waals surface area contributed by atoms with E-state index in [2.05, 4.69) is 57.2 Å². The van der Waals surface area contributed by atoms with Crippen molar-refractivity contribution < 1.29 is 4.74 Å². The number of rotatable bonds is 5. The second kappa shape index (κ2) is 6.77. The lowest BCUT2D eigenvalue weighted by Gasteiger charge is -2.16. The molecule has 0 aliphatic carbocycles. The van der Waals surface area contributed by atoms with Gasteiger partial charge in [0, 0.05) is 5.56 Å². The van der Waals surface area contributed by atoms with Crippen molar-refractivity contribution in [3.63, 3.8) is 0 Å². The molecule has 2 nitrogen and oxygen atoms in total. The van der Waals surface area contributed by atoms with Crippen molar-refractivity contribution in [1.82, 2.24) is 0 Å². The largest absolute Gasteiger partial charge is 0.496 e. The van der Waals surface area contributed by atoms with Crippen molar-refractivity contribution in [1.29, 1.82) is 0 Å². The molecule has 0 aliphatic rings. The van der Waals surface area contributed by atoms with E-state index in [0.29, 0.717) is 12.5 Å². The predicted molar refractivity (Wildman–Crippen MR) is 90.0 cm³/mol. The Morgan fingerprint density at radius 2 is 1.81 bits per heavy atom. The molecule has 21 heavy (non-hydrogen) atoms. The molecule has 0 fully saturated rings. The van der Waals surface area contributed by atoms with E-state index in [1.165, 1.54) is 22.3 Å². The SMILES string of the molecule is COc1ccc(C(C)CCN)cc1-c1ccc(C)c(C)c1. The first kappa shape index (κ1) is 15.6. The van der Waals surface area contributed by atoms with Gasteiger partial charge in [0.2, 0.25) is 0 Å². The molecule has 0 amide bonds. The lowest BCUT2D eigenvalue weighted by Crippen LogP contribution is -2.04. The quantitative estimate of drug-likeness (QED) is 0.881. The van der Waals surface area contributed by atoms with Crippen LogP contribution >= 0.6 is 0 Å². The maximum Gasteiger partial charge on any atom is 0.126 e. The van der Waals surface area contributed by atoms with Crippen molar-refractivity contribution in [2.45, 2.75) is 33.1 Å². The van der Waals surface area contributed by atoms with Crippen molar-refractivity contribution in [3.05, 3.63) is 53.1 Å². The third-order valence-electron chi connectivity index (χ3n) is 4.21. The molecule has 0 heterocycles. The molecule has 0 aromatic heterocycles. The lowest BCUT2D eigenvalue weighted by atomic mass is 9.92. The van der Waals surface area contributed by atoms with Crippen LogP contribution in [0.3, 0.4) is 0 Å². The average molecular weight is 283 g/mol. The van der Waals surface area contributed by atoms with Crippen molar-refractivity contribution in [3.8, 4) is 16.9 Å². The van der Waals surface area contributed by atoms with E-state index in [9.17, 15) is 0 Å². The highest BCUT2D eigenvalue weighted by molar-refractivity contribution is 5.72. The normalized spacial score (nSPS) is 12.2. The van der Waals surface area contributed by atoms with Crippen molar-refractivity contribution in [2.24, 2.45) is 5.73 Å². The first-order chi connectivity index (χ1) is 10.1. The fourth-order valence-corrected chi connectivity index (χ4v) is 2.58. The highest BCUT2D eigenvalue weighted by Crippen LogP contribution is 2.34. The Morgan fingerprint density at radius 1 is 1.05 bits per heavy atom. The molecule has 2 rings (SSSR count). The van der Waals surface area contributed by atoms with Crippen LogP contribution in [0, 0.1) is 13.8 Å². The van der Waals surface area contributed by atoms with Crippen LogP contribution in [0.4, 0.5) is 0 Å². The number of aryl methyl sites for hydroxylation is 2. The summed E-state index contributed by atoms with van der Waals surface area (Å²) < 4.78 is 5.54. The molecule has 0 saturated heterocycles. The minimum absolute atomic E-state index is 0.464. The fourth-order valence-electron chi connectivity index (χ4n) is 2.58. The molecule has 0 saturated carbocycles. The number of benzene rings is 2. The molecule has 2 heteroatoms. The zero-order chi connectivity index (χ0) is 15.4. The third-order valence-corrected chi connectivity index (χ3v) is 4.21. The van der Waals surface area contributed by atoms with Crippen LogP contribution in [0.1, 0.15) is 36.0 Å². The zero-order valence-electron chi connectivity index (χ0n) is 13.4. The summed E-state index contributed by atoms with van der Waals surface area (Å²) in [7, 11) is 1.73. The Labute approximate surface area is 127 Å². The van der Waals surface area contributed by atoms with Gasteiger partial charge in [-0.2, -0.15) is 0 Å². The molecule has 0 radical (unpaired) electrons. The zero-order valence-corrected chi connectivity index (χ0v) is 13.4. The van der Waals surface area contributed by atoms with Gasteiger partial charge in [0.05, 0.1) is 7.11 Å². The second-order valence-electron chi connectivity index (χ2n) is 5.74. The summed E-state index contributed by atoms with van der Waals surface area (Å²) in [4.78, 5) is 0. The standard InChI is InChI=1S/C19H25NO/c1-13-5-6-17(11-15(13)3)18-12-16(14(2)9-10-20)7-8-19(18)21-4/h5-8,11-12,14H,9-10,20H2,1-4H3. The third kappa shape index (κ3) is 3.45. The Hall–Kier alpha value is -1.80. The van der Waals surface area contributed by atoms with Gasteiger partial charge < -0.3 is 10.5 Å². The van der Waals surface area contributed by atoms with Crippen LogP contribution in [0.2, 0.25) is 0 Å². The number of hydrogen-bond donors (Lipinski definition) is 1. The average Bonchev–Trinajstić information content (AvgIpc) is 2.49. The van der Waals surface area contributed by atoms with Gasteiger partial charge >= 0.3 is 0 Å². The molecule has 2 aromatic rings. The van der Waals surface area contributed by atoms with Gasteiger partial charge in [0.15, 0.2) is 0 Å². The van der Waals surface area contributed by atoms with Gasteiger partial charge in [-0.3, -0.25) is 0 Å². The van der Waals surface area contributed by atoms with E-state index in [0.717, 1.165) is 17.7 Å². The number of hydrogen-bond acceptors (Lipinski definition) is 2. The van der Waals surface area contributed by atoms with Gasteiger partial charge in [-0.1, -0.05) is 31.2 Å². The Balaban J connectivity index is 2.49. The summed E-state index contributed by atoms with van der Waals surface area (Å²) in [6.07, 6.45) is 0.999. The van der Waals surface area contributed by atoms with Gasteiger partial charge in [0.1, 0.15) is 5.75 Å². The highest BCUT2D eigenvalue weighted by atomic mass is 16.5.